The van der Waals surface area contributed by atoms with Crippen LogP contribution in [0.5, 0.6) is 0 Å². The van der Waals surface area contributed by atoms with Gasteiger partial charge in [0, 0.05) is 31.2 Å². The van der Waals surface area contributed by atoms with E-state index in [9.17, 15) is 9.59 Å². The Morgan fingerprint density at radius 1 is 1.16 bits per heavy atom. The van der Waals surface area contributed by atoms with Crippen LogP contribution in [0.3, 0.4) is 0 Å². The summed E-state index contributed by atoms with van der Waals surface area (Å²) < 4.78 is 1.84. The van der Waals surface area contributed by atoms with E-state index in [2.05, 4.69) is 32.3 Å². The fourth-order valence-electron chi connectivity index (χ4n) is 3.61. The molecule has 3 heterocycles. The molecule has 0 saturated carbocycles. The first-order chi connectivity index (χ1) is 15.5. The molecule has 0 radical (unpaired) electrons. The van der Waals surface area contributed by atoms with Gasteiger partial charge in [0.2, 0.25) is 11.9 Å². The van der Waals surface area contributed by atoms with E-state index in [0.29, 0.717) is 24.0 Å². The first-order valence-electron chi connectivity index (χ1n) is 10.2. The Labute approximate surface area is 185 Å². The molecule has 164 valence electrons. The van der Waals surface area contributed by atoms with Crippen molar-refractivity contribution in [3.8, 4) is 0 Å². The number of rotatable bonds is 7. The standard InChI is InChI=1S/C22H24N8O2/c1-2-19(31)29-10-6-9-17(14-29)30-13-16(11-25-30)27-22-24-12-18(20(23)32)21(28-22)26-15-7-4-3-5-8-15/h2-5,7-8,11-13,17H,1,6,9-10,14H2,(H2,23,32)(H2,24,26,27,28)/t17-/m0/s1. The lowest BCUT2D eigenvalue weighted by Crippen LogP contribution is -2.39. The van der Waals surface area contributed by atoms with Crippen LogP contribution in [0.4, 0.5) is 23.1 Å². The number of anilines is 4. The summed E-state index contributed by atoms with van der Waals surface area (Å²) in [5.74, 6) is -0.0974. The first kappa shape index (κ1) is 21.0. The van der Waals surface area contributed by atoms with Crippen molar-refractivity contribution < 1.29 is 9.59 Å². The van der Waals surface area contributed by atoms with Crippen molar-refractivity contribution in [3.63, 3.8) is 0 Å². The van der Waals surface area contributed by atoms with Crippen LogP contribution in [-0.4, -0.2) is 49.6 Å². The first-order valence-corrected chi connectivity index (χ1v) is 10.2. The zero-order valence-corrected chi connectivity index (χ0v) is 17.4. The van der Waals surface area contributed by atoms with E-state index in [1.165, 1.54) is 12.3 Å². The lowest BCUT2D eigenvalue weighted by Gasteiger charge is -2.32. The lowest BCUT2D eigenvalue weighted by molar-refractivity contribution is -0.127. The van der Waals surface area contributed by atoms with E-state index < -0.39 is 5.91 Å². The van der Waals surface area contributed by atoms with Gasteiger partial charge in [-0.1, -0.05) is 24.8 Å². The molecule has 0 spiro atoms. The second kappa shape index (κ2) is 9.29. The number of primary amides is 1. The fraction of sp³-hybridized carbons (Fsp3) is 0.227. The van der Waals surface area contributed by atoms with Gasteiger partial charge in [0.25, 0.3) is 5.91 Å². The number of nitrogens with zero attached hydrogens (tertiary/aromatic N) is 5. The third kappa shape index (κ3) is 4.75. The second-order valence-corrected chi connectivity index (χ2v) is 7.43. The lowest BCUT2D eigenvalue weighted by atomic mass is 10.1. The van der Waals surface area contributed by atoms with Crippen molar-refractivity contribution in [2.75, 3.05) is 23.7 Å². The molecule has 4 N–H and O–H groups in total. The molecule has 3 aromatic rings. The molecular formula is C22H24N8O2. The SMILES string of the molecule is C=CC(=O)N1CCC[C@H](n2cc(Nc3ncc(C(N)=O)c(Nc4ccccc4)n3)cn2)C1. The number of nitrogens with two attached hydrogens (primary N) is 1. The number of amides is 2. The van der Waals surface area contributed by atoms with Crippen LogP contribution in [0.25, 0.3) is 0 Å². The van der Waals surface area contributed by atoms with Crippen LogP contribution in [0.1, 0.15) is 29.2 Å². The van der Waals surface area contributed by atoms with Gasteiger partial charge < -0.3 is 21.3 Å². The van der Waals surface area contributed by atoms with Gasteiger partial charge in [-0.05, 0) is 31.1 Å². The minimum absolute atomic E-state index is 0.0680. The van der Waals surface area contributed by atoms with Gasteiger partial charge in [0.15, 0.2) is 0 Å². The molecular weight excluding hydrogens is 408 g/mol. The Hall–Kier alpha value is -4.21. The summed E-state index contributed by atoms with van der Waals surface area (Å²) in [7, 11) is 0. The molecule has 0 unspecified atom stereocenters. The number of hydrogen-bond acceptors (Lipinski definition) is 7. The van der Waals surface area contributed by atoms with Crippen molar-refractivity contribution in [1.29, 1.82) is 0 Å². The number of carbonyl (C=O) groups excluding carboxylic acids is 2. The van der Waals surface area contributed by atoms with Crippen molar-refractivity contribution >= 4 is 35.0 Å². The third-order valence-corrected chi connectivity index (χ3v) is 5.21. The van der Waals surface area contributed by atoms with Crippen LogP contribution in [-0.2, 0) is 4.79 Å². The molecule has 0 bridgehead atoms. The molecule has 1 aliphatic rings. The number of carbonyl (C=O) groups is 2. The molecule has 0 aliphatic carbocycles. The van der Waals surface area contributed by atoms with Gasteiger partial charge in [0.05, 0.1) is 17.9 Å². The van der Waals surface area contributed by atoms with Crippen LogP contribution in [0, 0.1) is 0 Å². The number of benzene rings is 1. The molecule has 10 nitrogen and oxygen atoms in total. The van der Waals surface area contributed by atoms with Crippen LogP contribution in [0.15, 0.2) is 61.6 Å². The van der Waals surface area contributed by atoms with Crippen LogP contribution < -0.4 is 16.4 Å². The summed E-state index contributed by atoms with van der Waals surface area (Å²) in [6.45, 7) is 4.87. The maximum Gasteiger partial charge on any atom is 0.254 e. The van der Waals surface area contributed by atoms with Crippen molar-refractivity contribution in [3.05, 3.63) is 67.1 Å². The predicted octanol–water partition coefficient (Wildman–Crippen LogP) is 2.61. The zero-order valence-electron chi connectivity index (χ0n) is 17.4. The van der Waals surface area contributed by atoms with Crippen LogP contribution >= 0.6 is 0 Å². The van der Waals surface area contributed by atoms with E-state index in [-0.39, 0.29) is 17.5 Å². The van der Waals surface area contributed by atoms with Crippen molar-refractivity contribution in [2.45, 2.75) is 18.9 Å². The van der Waals surface area contributed by atoms with Crippen molar-refractivity contribution in [2.24, 2.45) is 5.73 Å². The summed E-state index contributed by atoms with van der Waals surface area (Å²) in [6, 6.07) is 9.43. The highest BCUT2D eigenvalue weighted by atomic mass is 16.2. The number of hydrogen-bond donors (Lipinski definition) is 3. The number of piperidine rings is 1. The maximum atomic E-state index is 11.9. The summed E-state index contributed by atoms with van der Waals surface area (Å²) in [5.41, 5.74) is 7.11. The Morgan fingerprint density at radius 2 is 1.97 bits per heavy atom. The smallest absolute Gasteiger partial charge is 0.254 e. The molecule has 4 rings (SSSR count). The maximum absolute atomic E-state index is 11.9. The highest BCUT2D eigenvalue weighted by Gasteiger charge is 2.24. The van der Waals surface area contributed by atoms with Gasteiger partial charge in [0.1, 0.15) is 11.4 Å². The minimum atomic E-state index is -0.626. The van der Waals surface area contributed by atoms with Crippen molar-refractivity contribution in [1.82, 2.24) is 24.6 Å². The predicted molar refractivity (Wildman–Crippen MR) is 121 cm³/mol. The molecule has 1 aliphatic heterocycles. The Kier molecular flexibility index (Phi) is 6.11. The average molecular weight is 432 g/mol. The highest BCUT2D eigenvalue weighted by molar-refractivity contribution is 5.98. The van der Waals surface area contributed by atoms with Gasteiger partial charge in [-0.2, -0.15) is 10.1 Å². The van der Waals surface area contributed by atoms with Gasteiger partial charge in [-0.15, -0.1) is 0 Å². The molecule has 2 aromatic heterocycles. The van der Waals surface area contributed by atoms with Gasteiger partial charge in [-0.3, -0.25) is 14.3 Å². The van der Waals surface area contributed by atoms with E-state index in [1.54, 1.807) is 11.1 Å². The molecule has 1 atom stereocenters. The number of para-hydroxylation sites is 1. The van der Waals surface area contributed by atoms with Crippen LogP contribution in [0.2, 0.25) is 0 Å². The second-order valence-electron chi connectivity index (χ2n) is 7.43. The molecule has 32 heavy (non-hydrogen) atoms. The summed E-state index contributed by atoms with van der Waals surface area (Å²) in [5, 5.41) is 10.6. The van der Waals surface area contributed by atoms with Gasteiger partial charge in [-0.25, -0.2) is 4.98 Å². The summed E-state index contributed by atoms with van der Waals surface area (Å²) in [6.07, 6.45) is 8.07. The molecule has 1 aromatic carbocycles. The fourth-order valence-corrected chi connectivity index (χ4v) is 3.61. The summed E-state index contributed by atoms with van der Waals surface area (Å²) >= 11 is 0. The van der Waals surface area contributed by atoms with E-state index in [4.69, 9.17) is 5.73 Å². The Balaban J connectivity index is 1.50. The number of nitrogens with one attached hydrogen (secondary N) is 2. The van der Waals surface area contributed by atoms with E-state index in [1.807, 2.05) is 41.2 Å². The molecule has 1 saturated heterocycles. The van der Waals surface area contributed by atoms with E-state index >= 15 is 0 Å². The largest absolute Gasteiger partial charge is 0.365 e. The topological polar surface area (TPSA) is 131 Å². The molecule has 10 heteroatoms. The third-order valence-electron chi connectivity index (χ3n) is 5.21. The summed E-state index contributed by atoms with van der Waals surface area (Å²) in [4.78, 5) is 34.1. The number of likely N-dealkylation sites (tertiary alicyclic amines) is 1. The Morgan fingerprint density at radius 3 is 2.72 bits per heavy atom. The molecule has 1 fully saturated rings. The quantitative estimate of drug-likeness (QED) is 0.489. The molecule has 2 amide bonds. The average Bonchev–Trinajstić information content (AvgIpc) is 3.28. The minimum Gasteiger partial charge on any atom is -0.365 e. The van der Waals surface area contributed by atoms with E-state index in [0.717, 1.165) is 25.1 Å². The monoisotopic (exact) mass is 432 g/mol. The van der Waals surface area contributed by atoms with Gasteiger partial charge >= 0.3 is 0 Å². The Bertz CT molecular complexity index is 1130. The highest BCUT2D eigenvalue weighted by Crippen LogP contribution is 2.24. The number of aromatic nitrogens is 4. The zero-order chi connectivity index (χ0) is 22.5. The normalized spacial score (nSPS) is 15.8.